The number of nitriles is 1. The summed E-state index contributed by atoms with van der Waals surface area (Å²) in [7, 11) is 0. The topological polar surface area (TPSA) is 74.0 Å². The first-order valence-corrected chi connectivity index (χ1v) is 7.39. The molecule has 0 aliphatic heterocycles. The van der Waals surface area contributed by atoms with Crippen LogP contribution in [0.2, 0.25) is 0 Å². The molecule has 20 heavy (non-hydrogen) atoms. The van der Waals surface area contributed by atoms with Crippen molar-refractivity contribution in [3.63, 3.8) is 0 Å². The molecule has 100 valence electrons. The number of nitrogens with zero attached hydrogens (tertiary/aromatic N) is 2. The lowest BCUT2D eigenvalue weighted by atomic mass is 10.2. The zero-order valence-corrected chi connectivity index (χ0v) is 12.6. The molecule has 0 unspecified atom stereocenters. The fraction of sp³-hybridized carbons (Fsp3) is 0.0714. The summed E-state index contributed by atoms with van der Waals surface area (Å²) in [5, 5.41) is 18.1. The minimum Gasteiger partial charge on any atom is -0.478 e. The molecule has 0 bridgehead atoms. The normalized spacial score (nSPS) is 10.0. The van der Waals surface area contributed by atoms with Gasteiger partial charge in [-0.15, -0.1) is 11.8 Å². The molecular formula is C14H9BrN2O2S. The molecule has 6 heteroatoms. The van der Waals surface area contributed by atoms with Gasteiger partial charge in [-0.25, -0.2) is 9.78 Å². The molecule has 0 aliphatic rings. The molecule has 1 heterocycles. The molecule has 0 saturated heterocycles. The summed E-state index contributed by atoms with van der Waals surface area (Å²) in [6.07, 6.45) is 1.56. The summed E-state index contributed by atoms with van der Waals surface area (Å²) < 4.78 is 0.816. The molecule has 0 saturated carbocycles. The first-order chi connectivity index (χ1) is 9.61. The van der Waals surface area contributed by atoms with Gasteiger partial charge in [0.2, 0.25) is 0 Å². The summed E-state index contributed by atoms with van der Waals surface area (Å²) in [5.41, 5.74) is 1.41. The van der Waals surface area contributed by atoms with Crippen molar-refractivity contribution in [2.24, 2.45) is 0 Å². The highest BCUT2D eigenvalue weighted by atomic mass is 79.9. The van der Waals surface area contributed by atoms with Crippen molar-refractivity contribution in [3.05, 3.63) is 57.8 Å². The maximum atomic E-state index is 11.2. The minimum atomic E-state index is -0.966. The lowest BCUT2D eigenvalue weighted by Crippen LogP contribution is -1.99. The van der Waals surface area contributed by atoms with Gasteiger partial charge in [-0.3, -0.25) is 0 Å². The van der Waals surface area contributed by atoms with Crippen molar-refractivity contribution in [3.8, 4) is 6.07 Å². The van der Waals surface area contributed by atoms with Gasteiger partial charge in [-0.2, -0.15) is 5.26 Å². The van der Waals surface area contributed by atoms with Crippen LogP contribution in [0.15, 0.2) is 45.9 Å². The van der Waals surface area contributed by atoms with Crippen LogP contribution in [-0.2, 0) is 5.75 Å². The van der Waals surface area contributed by atoms with Crippen LogP contribution in [0.25, 0.3) is 0 Å². The molecule has 2 aromatic rings. The van der Waals surface area contributed by atoms with Crippen molar-refractivity contribution in [1.82, 2.24) is 4.98 Å². The molecule has 0 aliphatic carbocycles. The number of aromatic nitrogens is 1. The van der Waals surface area contributed by atoms with Crippen LogP contribution in [0.1, 0.15) is 21.6 Å². The third-order valence-corrected chi connectivity index (χ3v) is 4.15. The lowest BCUT2D eigenvalue weighted by molar-refractivity contribution is 0.0693. The predicted molar refractivity (Wildman–Crippen MR) is 79.6 cm³/mol. The number of aromatic carboxylic acids is 1. The molecule has 2 rings (SSSR count). The molecule has 0 amide bonds. The first-order valence-electron chi connectivity index (χ1n) is 5.61. The van der Waals surface area contributed by atoms with E-state index in [2.05, 4.69) is 20.9 Å². The molecule has 4 nitrogen and oxygen atoms in total. The zero-order valence-electron chi connectivity index (χ0n) is 10.2. The number of hydrogen-bond donors (Lipinski definition) is 1. The predicted octanol–water partition coefficient (Wildman–Crippen LogP) is 3.71. The Morgan fingerprint density at radius 3 is 2.95 bits per heavy atom. The molecule has 1 aromatic carbocycles. The van der Waals surface area contributed by atoms with Gasteiger partial charge in [0.15, 0.2) is 0 Å². The van der Waals surface area contributed by atoms with E-state index >= 15 is 0 Å². The standard InChI is InChI=1S/C14H9BrN2O2S/c15-10-3-4-11(14(18)19)13(6-10)20-8-9-2-1-5-17-12(9)7-16/h1-6H,8H2,(H,18,19). The van der Waals surface area contributed by atoms with E-state index in [0.29, 0.717) is 16.3 Å². The first kappa shape index (κ1) is 14.6. The Hall–Kier alpha value is -1.84. The summed E-state index contributed by atoms with van der Waals surface area (Å²) in [5.74, 6) is -0.473. The van der Waals surface area contributed by atoms with E-state index in [9.17, 15) is 4.79 Å². The van der Waals surface area contributed by atoms with E-state index in [4.69, 9.17) is 10.4 Å². The number of carboxylic acid groups (broad SMARTS) is 1. The number of thioether (sulfide) groups is 1. The van der Waals surface area contributed by atoms with Crippen molar-refractivity contribution in [2.45, 2.75) is 10.6 Å². The fourth-order valence-electron chi connectivity index (χ4n) is 1.60. The number of carboxylic acids is 1. The maximum Gasteiger partial charge on any atom is 0.336 e. The third kappa shape index (κ3) is 3.38. The SMILES string of the molecule is N#Cc1ncccc1CSc1cc(Br)ccc1C(=O)O. The Morgan fingerprint density at radius 2 is 2.25 bits per heavy atom. The third-order valence-electron chi connectivity index (χ3n) is 2.55. The molecule has 0 fully saturated rings. The van der Waals surface area contributed by atoms with Crippen molar-refractivity contribution in [1.29, 1.82) is 5.26 Å². The largest absolute Gasteiger partial charge is 0.478 e. The second-order valence-electron chi connectivity index (χ2n) is 3.86. The van der Waals surface area contributed by atoms with E-state index in [-0.39, 0.29) is 5.56 Å². The Bertz CT molecular complexity index is 698. The fourth-order valence-corrected chi connectivity index (χ4v) is 3.18. The molecule has 0 spiro atoms. The molecular weight excluding hydrogens is 340 g/mol. The number of benzene rings is 1. The summed E-state index contributed by atoms with van der Waals surface area (Å²) in [4.78, 5) is 15.8. The Morgan fingerprint density at radius 1 is 1.45 bits per heavy atom. The van der Waals surface area contributed by atoms with Gasteiger partial charge in [0.25, 0.3) is 0 Å². The van der Waals surface area contributed by atoms with E-state index in [1.165, 1.54) is 11.8 Å². The molecule has 0 atom stereocenters. The number of carbonyl (C=O) groups is 1. The minimum absolute atomic E-state index is 0.251. The highest BCUT2D eigenvalue weighted by molar-refractivity contribution is 9.10. The molecule has 1 aromatic heterocycles. The van der Waals surface area contributed by atoms with Crippen LogP contribution in [0.5, 0.6) is 0 Å². The van der Waals surface area contributed by atoms with E-state index < -0.39 is 5.97 Å². The monoisotopic (exact) mass is 348 g/mol. The Kier molecular flexibility index (Phi) is 4.77. The summed E-state index contributed by atoms with van der Waals surface area (Å²) in [6, 6.07) is 10.6. The van der Waals surface area contributed by atoms with Crippen molar-refractivity contribution in [2.75, 3.05) is 0 Å². The lowest BCUT2D eigenvalue weighted by Gasteiger charge is -2.07. The second kappa shape index (κ2) is 6.55. The number of pyridine rings is 1. The van der Waals surface area contributed by atoms with Crippen LogP contribution in [0.3, 0.4) is 0 Å². The van der Waals surface area contributed by atoms with Crippen molar-refractivity contribution >= 4 is 33.7 Å². The van der Waals surface area contributed by atoms with Crippen LogP contribution in [0, 0.1) is 11.3 Å². The van der Waals surface area contributed by atoms with Crippen LogP contribution >= 0.6 is 27.7 Å². The summed E-state index contributed by atoms with van der Waals surface area (Å²) >= 11 is 4.70. The van der Waals surface area contributed by atoms with Crippen LogP contribution in [0.4, 0.5) is 0 Å². The number of hydrogen-bond acceptors (Lipinski definition) is 4. The van der Waals surface area contributed by atoms with Gasteiger partial charge in [-0.1, -0.05) is 22.0 Å². The highest BCUT2D eigenvalue weighted by Gasteiger charge is 2.12. The summed E-state index contributed by atoms with van der Waals surface area (Å²) in [6.45, 7) is 0. The highest BCUT2D eigenvalue weighted by Crippen LogP contribution is 2.29. The Balaban J connectivity index is 2.25. The van der Waals surface area contributed by atoms with Gasteiger partial charge >= 0.3 is 5.97 Å². The maximum absolute atomic E-state index is 11.2. The van der Waals surface area contributed by atoms with Gasteiger partial charge in [0.05, 0.1) is 5.56 Å². The van der Waals surface area contributed by atoms with E-state index in [1.807, 2.05) is 12.1 Å². The average Bonchev–Trinajstić information content (AvgIpc) is 2.45. The van der Waals surface area contributed by atoms with Gasteiger partial charge in [0, 0.05) is 21.3 Å². The van der Waals surface area contributed by atoms with Gasteiger partial charge in [-0.05, 0) is 29.8 Å². The van der Waals surface area contributed by atoms with Gasteiger partial charge in [0.1, 0.15) is 11.8 Å². The number of rotatable bonds is 4. The second-order valence-corrected chi connectivity index (χ2v) is 5.79. The Labute approximate surface area is 128 Å². The van der Waals surface area contributed by atoms with E-state index in [0.717, 1.165) is 10.0 Å². The van der Waals surface area contributed by atoms with Crippen LogP contribution < -0.4 is 0 Å². The zero-order chi connectivity index (χ0) is 14.5. The van der Waals surface area contributed by atoms with Crippen LogP contribution in [-0.4, -0.2) is 16.1 Å². The average molecular weight is 349 g/mol. The van der Waals surface area contributed by atoms with E-state index in [1.54, 1.807) is 30.5 Å². The smallest absolute Gasteiger partial charge is 0.336 e. The number of halogens is 1. The molecule has 1 N–H and O–H groups in total. The van der Waals surface area contributed by atoms with Crippen molar-refractivity contribution < 1.29 is 9.90 Å². The molecule has 0 radical (unpaired) electrons. The quantitative estimate of drug-likeness (QED) is 0.852. The van der Waals surface area contributed by atoms with Gasteiger partial charge < -0.3 is 5.11 Å².